The Bertz CT molecular complexity index is 315. The van der Waals surface area contributed by atoms with Crippen molar-refractivity contribution >= 4 is 6.09 Å². The Labute approximate surface area is 129 Å². The van der Waals surface area contributed by atoms with Crippen molar-refractivity contribution in [2.75, 3.05) is 19.7 Å². The first-order valence-electron chi connectivity index (χ1n) is 8.16. The Hall–Kier alpha value is -0.810. The van der Waals surface area contributed by atoms with Crippen molar-refractivity contribution in [3.05, 3.63) is 0 Å². The third kappa shape index (κ3) is 7.67. The molecule has 1 aliphatic heterocycles. The summed E-state index contributed by atoms with van der Waals surface area (Å²) < 4.78 is 5.44. The normalized spacial score (nSPS) is 21.8. The average Bonchev–Trinajstić information content (AvgIpc) is 2.60. The zero-order valence-corrected chi connectivity index (χ0v) is 14.0. The number of aliphatic hydroxyl groups excluding tert-OH is 1. The molecule has 21 heavy (non-hydrogen) atoms. The summed E-state index contributed by atoms with van der Waals surface area (Å²) in [5, 5.41) is 12.5. The Morgan fingerprint density at radius 3 is 2.71 bits per heavy atom. The standard InChI is InChI=1S/C16H32N2O3/c1-13(7-6-12-19)17-14-8-5-10-18(11-9-14)15(20)21-16(2,3)4/h13-14,17,19H,5-12H2,1-4H3. The highest BCUT2D eigenvalue weighted by Gasteiger charge is 2.25. The van der Waals surface area contributed by atoms with Gasteiger partial charge in [-0.05, 0) is 59.8 Å². The molecule has 1 aliphatic rings. The van der Waals surface area contributed by atoms with Crippen LogP contribution in [0.4, 0.5) is 4.79 Å². The molecule has 0 radical (unpaired) electrons. The smallest absolute Gasteiger partial charge is 0.410 e. The molecule has 1 saturated heterocycles. The molecule has 0 aliphatic carbocycles. The SMILES string of the molecule is CC(CCCO)NC1CCCN(C(=O)OC(C)(C)C)CC1. The van der Waals surface area contributed by atoms with E-state index in [0.29, 0.717) is 12.1 Å². The minimum Gasteiger partial charge on any atom is -0.444 e. The van der Waals surface area contributed by atoms with Gasteiger partial charge in [-0.1, -0.05) is 0 Å². The fourth-order valence-corrected chi connectivity index (χ4v) is 2.66. The number of carbonyl (C=O) groups excluding carboxylic acids is 1. The molecule has 0 bridgehead atoms. The molecule has 0 aromatic rings. The summed E-state index contributed by atoms with van der Waals surface area (Å²) >= 11 is 0. The van der Waals surface area contributed by atoms with Crippen LogP contribution in [0.3, 0.4) is 0 Å². The summed E-state index contributed by atoms with van der Waals surface area (Å²) in [6.45, 7) is 9.63. The molecule has 2 atom stereocenters. The van der Waals surface area contributed by atoms with E-state index in [1.807, 2.05) is 25.7 Å². The van der Waals surface area contributed by atoms with Gasteiger partial charge in [-0.25, -0.2) is 4.79 Å². The van der Waals surface area contributed by atoms with E-state index in [1.165, 1.54) is 0 Å². The molecule has 0 spiro atoms. The molecule has 0 aromatic carbocycles. The Morgan fingerprint density at radius 2 is 2.10 bits per heavy atom. The Morgan fingerprint density at radius 1 is 1.38 bits per heavy atom. The van der Waals surface area contributed by atoms with Gasteiger partial charge in [0.2, 0.25) is 0 Å². The highest BCUT2D eigenvalue weighted by Crippen LogP contribution is 2.16. The summed E-state index contributed by atoms with van der Waals surface area (Å²) in [7, 11) is 0. The van der Waals surface area contributed by atoms with Gasteiger partial charge in [0.15, 0.2) is 0 Å². The number of hydrogen-bond acceptors (Lipinski definition) is 4. The molecule has 0 aromatic heterocycles. The predicted octanol–water partition coefficient (Wildman–Crippen LogP) is 2.53. The van der Waals surface area contributed by atoms with E-state index in [-0.39, 0.29) is 12.7 Å². The molecule has 0 saturated carbocycles. The summed E-state index contributed by atoms with van der Waals surface area (Å²) in [6.07, 6.45) is 4.68. The summed E-state index contributed by atoms with van der Waals surface area (Å²) in [4.78, 5) is 13.9. The van der Waals surface area contributed by atoms with Crippen molar-refractivity contribution in [3.8, 4) is 0 Å². The molecule has 1 heterocycles. The maximum atomic E-state index is 12.1. The van der Waals surface area contributed by atoms with Gasteiger partial charge in [-0.15, -0.1) is 0 Å². The Balaban J connectivity index is 2.38. The zero-order valence-electron chi connectivity index (χ0n) is 14.0. The monoisotopic (exact) mass is 300 g/mol. The zero-order chi connectivity index (χ0) is 15.9. The summed E-state index contributed by atoms with van der Waals surface area (Å²) in [6, 6.07) is 0.862. The Kier molecular flexibility index (Phi) is 7.46. The minimum atomic E-state index is -0.431. The van der Waals surface area contributed by atoms with Gasteiger partial charge in [0.1, 0.15) is 5.60 Å². The fraction of sp³-hybridized carbons (Fsp3) is 0.938. The third-order valence-electron chi connectivity index (χ3n) is 3.70. The number of amides is 1. The summed E-state index contributed by atoms with van der Waals surface area (Å²) in [5.74, 6) is 0. The largest absolute Gasteiger partial charge is 0.444 e. The predicted molar refractivity (Wildman–Crippen MR) is 84.4 cm³/mol. The lowest BCUT2D eigenvalue weighted by molar-refractivity contribution is 0.0256. The third-order valence-corrected chi connectivity index (χ3v) is 3.70. The van der Waals surface area contributed by atoms with E-state index in [0.717, 1.165) is 45.2 Å². The number of ether oxygens (including phenoxy) is 1. The van der Waals surface area contributed by atoms with Gasteiger partial charge in [0.05, 0.1) is 0 Å². The highest BCUT2D eigenvalue weighted by atomic mass is 16.6. The minimum absolute atomic E-state index is 0.198. The van der Waals surface area contributed by atoms with E-state index < -0.39 is 5.60 Å². The number of nitrogens with zero attached hydrogens (tertiary/aromatic N) is 1. The van der Waals surface area contributed by atoms with Crippen LogP contribution in [0.5, 0.6) is 0 Å². The van der Waals surface area contributed by atoms with Crippen LogP contribution in [0.1, 0.15) is 59.8 Å². The molecule has 2 unspecified atom stereocenters. The van der Waals surface area contributed by atoms with Crippen LogP contribution >= 0.6 is 0 Å². The molecule has 1 fully saturated rings. The maximum absolute atomic E-state index is 12.1. The molecule has 1 rings (SSSR count). The molecule has 124 valence electrons. The lowest BCUT2D eigenvalue weighted by atomic mass is 10.1. The van der Waals surface area contributed by atoms with Crippen LogP contribution in [0.25, 0.3) is 0 Å². The first-order valence-corrected chi connectivity index (χ1v) is 8.16. The molecule has 5 nitrogen and oxygen atoms in total. The lowest BCUT2D eigenvalue weighted by Gasteiger charge is -2.26. The van der Waals surface area contributed by atoms with Crippen molar-refractivity contribution < 1.29 is 14.6 Å². The molecule has 2 N–H and O–H groups in total. The number of hydrogen-bond donors (Lipinski definition) is 2. The van der Waals surface area contributed by atoms with E-state index in [4.69, 9.17) is 9.84 Å². The van der Waals surface area contributed by atoms with Crippen LogP contribution < -0.4 is 5.32 Å². The second-order valence-corrected chi connectivity index (χ2v) is 7.03. The van der Waals surface area contributed by atoms with Crippen molar-refractivity contribution in [1.29, 1.82) is 0 Å². The lowest BCUT2D eigenvalue weighted by Crippen LogP contribution is -2.39. The van der Waals surface area contributed by atoms with E-state index >= 15 is 0 Å². The van der Waals surface area contributed by atoms with Gasteiger partial charge in [-0.2, -0.15) is 0 Å². The molecular formula is C16H32N2O3. The number of rotatable bonds is 5. The van der Waals surface area contributed by atoms with Gasteiger partial charge in [0.25, 0.3) is 0 Å². The molecule has 5 heteroatoms. The second-order valence-electron chi connectivity index (χ2n) is 7.03. The van der Waals surface area contributed by atoms with Gasteiger partial charge < -0.3 is 20.1 Å². The van der Waals surface area contributed by atoms with Crippen LogP contribution in [-0.4, -0.2) is 53.5 Å². The maximum Gasteiger partial charge on any atom is 0.410 e. The van der Waals surface area contributed by atoms with Gasteiger partial charge >= 0.3 is 6.09 Å². The van der Waals surface area contributed by atoms with Crippen molar-refractivity contribution in [3.63, 3.8) is 0 Å². The van der Waals surface area contributed by atoms with Gasteiger partial charge in [0, 0.05) is 31.8 Å². The fourth-order valence-electron chi connectivity index (χ4n) is 2.66. The number of nitrogens with one attached hydrogen (secondary N) is 1. The topological polar surface area (TPSA) is 61.8 Å². The van der Waals surface area contributed by atoms with Crippen LogP contribution in [0.15, 0.2) is 0 Å². The summed E-state index contributed by atoms with van der Waals surface area (Å²) in [5.41, 5.74) is -0.431. The first kappa shape index (κ1) is 18.2. The van der Waals surface area contributed by atoms with Crippen LogP contribution in [0.2, 0.25) is 0 Å². The first-order chi connectivity index (χ1) is 9.81. The van der Waals surface area contributed by atoms with Crippen molar-refractivity contribution in [2.24, 2.45) is 0 Å². The van der Waals surface area contributed by atoms with Crippen LogP contribution in [0, 0.1) is 0 Å². The highest BCUT2D eigenvalue weighted by molar-refractivity contribution is 5.68. The average molecular weight is 300 g/mol. The number of likely N-dealkylation sites (tertiary alicyclic amines) is 1. The van der Waals surface area contributed by atoms with E-state index in [2.05, 4.69) is 12.2 Å². The second kappa shape index (κ2) is 8.59. The van der Waals surface area contributed by atoms with E-state index in [1.54, 1.807) is 0 Å². The van der Waals surface area contributed by atoms with Gasteiger partial charge in [-0.3, -0.25) is 0 Å². The molecule has 1 amide bonds. The van der Waals surface area contributed by atoms with Crippen LogP contribution in [-0.2, 0) is 4.74 Å². The molecular weight excluding hydrogens is 268 g/mol. The number of aliphatic hydroxyl groups is 1. The quantitative estimate of drug-likeness (QED) is 0.819. The van der Waals surface area contributed by atoms with Crippen molar-refractivity contribution in [2.45, 2.75) is 77.5 Å². The van der Waals surface area contributed by atoms with Crippen molar-refractivity contribution in [1.82, 2.24) is 10.2 Å². The van der Waals surface area contributed by atoms with E-state index in [9.17, 15) is 4.79 Å². The number of carbonyl (C=O) groups is 1.